The molecule has 0 aliphatic carbocycles. The van der Waals surface area contributed by atoms with Crippen LogP contribution in [0.15, 0.2) is 53.6 Å². The molecule has 0 fully saturated rings. The molecule has 0 spiro atoms. The molecule has 96 valence electrons. The predicted octanol–water partition coefficient (Wildman–Crippen LogP) is 4.22. The number of benzene rings is 2. The molecule has 0 radical (unpaired) electrons. The molecule has 19 heavy (non-hydrogen) atoms. The van der Waals surface area contributed by atoms with Gasteiger partial charge in [-0.05, 0) is 29.3 Å². The second-order valence-corrected chi connectivity index (χ2v) is 3.80. The van der Waals surface area contributed by atoms with Crippen molar-refractivity contribution >= 4 is 5.69 Å². The number of nitrogens with zero attached hydrogens (tertiary/aromatic N) is 3. The minimum Gasteiger partial charge on any atom is -0.493 e. The van der Waals surface area contributed by atoms with Crippen LogP contribution in [0.4, 0.5) is 5.69 Å². The first-order valence-electron chi connectivity index (χ1n) is 5.73. The maximum atomic E-state index is 8.39. The highest BCUT2D eigenvalue weighted by Crippen LogP contribution is 2.32. The fourth-order valence-corrected chi connectivity index (χ4v) is 1.62. The van der Waals surface area contributed by atoms with Crippen LogP contribution in [0.1, 0.15) is 5.56 Å². The molecule has 5 nitrogen and oxygen atoms in total. The Labute approximate surface area is 111 Å². The summed E-state index contributed by atoms with van der Waals surface area (Å²) >= 11 is 0. The Morgan fingerprint density at radius 2 is 1.89 bits per heavy atom. The normalized spacial score (nSPS) is 9.53. The van der Waals surface area contributed by atoms with Crippen LogP contribution in [0.5, 0.6) is 11.5 Å². The van der Waals surface area contributed by atoms with E-state index >= 15 is 0 Å². The van der Waals surface area contributed by atoms with Gasteiger partial charge in [-0.3, -0.25) is 0 Å². The number of hydrogen-bond acceptors (Lipinski definition) is 3. The number of rotatable bonds is 5. The Bertz CT molecular complexity index is 593. The van der Waals surface area contributed by atoms with Crippen LogP contribution in [-0.4, -0.2) is 7.11 Å². The van der Waals surface area contributed by atoms with Crippen molar-refractivity contribution in [1.29, 1.82) is 0 Å². The van der Waals surface area contributed by atoms with Crippen LogP contribution in [0.2, 0.25) is 0 Å². The van der Waals surface area contributed by atoms with Crippen molar-refractivity contribution in [2.45, 2.75) is 6.61 Å². The molecule has 0 saturated carbocycles. The van der Waals surface area contributed by atoms with E-state index in [0.29, 0.717) is 23.8 Å². The molecule has 2 rings (SSSR count). The molecule has 0 aromatic heterocycles. The highest BCUT2D eigenvalue weighted by Gasteiger charge is 2.05. The Balaban J connectivity index is 2.14. The van der Waals surface area contributed by atoms with Crippen LogP contribution in [-0.2, 0) is 6.61 Å². The maximum Gasteiger partial charge on any atom is 0.161 e. The molecule has 0 heterocycles. The molecule has 0 atom stereocenters. The second-order valence-electron chi connectivity index (χ2n) is 3.80. The van der Waals surface area contributed by atoms with Gasteiger partial charge in [0, 0.05) is 10.6 Å². The molecule has 0 saturated heterocycles. The van der Waals surface area contributed by atoms with Gasteiger partial charge in [-0.1, -0.05) is 35.4 Å². The zero-order valence-corrected chi connectivity index (χ0v) is 10.5. The van der Waals surface area contributed by atoms with Gasteiger partial charge in [0.05, 0.1) is 7.11 Å². The summed E-state index contributed by atoms with van der Waals surface area (Å²) in [5.41, 5.74) is 9.96. The van der Waals surface area contributed by atoms with E-state index in [2.05, 4.69) is 10.0 Å². The van der Waals surface area contributed by atoms with Gasteiger partial charge in [0.2, 0.25) is 0 Å². The highest BCUT2D eigenvalue weighted by atomic mass is 16.5. The summed E-state index contributed by atoms with van der Waals surface area (Å²) < 4.78 is 10.9. The zero-order valence-electron chi connectivity index (χ0n) is 10.5. The average Bonchev–Trinajstić information content (AvgIpc) is 2.47. The third-order valence-electron chi connectivity index (χ3n) is 2.54. The Hall–Kier alpha value is -2.65. The molecular weight excluding hydrogens is 242 g/mol. The summed E-state index contributed by atoms with van der Waals surface area (Å²) in [5.74, 6) is 1.16. The lowest BCUT2D eigenvalue weighted by atomic mass is 10.2. The predicted molar refractivity (Wildman–Crippen MR) is 72.6 cm³/mol. The summed E-state index contributed by atoms with van der Waals surface area (Å²) in [6.07, 6.45) is 0. The van der Waals surface area contributed by atoms with Crippen LogP contribution in [0, 0.1) is 0 Å². The lowest BCUT2D eigenvalue weighted by Gasteiger charge is -2.11. The Kier molecular flexibility index (Phi) is 4.26. The third-order valence-corrected chi connectivity index (χ3v) is 2.54. The van der Waals surface area contributed by atoms with Gasteiger partial charge in [-0.2, -0.15) is 0 Å². The van der Waals surface area contributed by atoms with Gasteiger partial charge < -0.3 is 9.47 Å². The maximum absolute atomic E-state index is 8.39. The lowest BCUT2D eigenvalue weighted by Crippen LogP contribution is -1.97. The first kappa shape index (κ1) is 12.8. The second kappa shape index (κ2) is 6.33. The van der Waals surface area contributed by atoms with Crippen molar-refractivity contribution in [2.24, 2.45) is 5.11 Å². The van der Waals surface area contributed by atoms with Gasteiger partial charge in [0.1, 0.15) is 6.61 Å². The summed E-state index contributed by atoms with van der Waals surface area (Å²) in [4.78, 5) is 2.73. The molecule has 0 aliphatic heterocycles. The van der Waals surface area contributed by atoms with E-state index in [4.69, 9.17) is 15.0 Å². The topological polar surface area (TPSA) is 67.2 Å². The fraction of sp³-hybridized carbons (Fsp3) is 0.143. The molecule has 0 amide bonds. The Morgan fingerprint density at radius 3 is 2.58 bits per heavy atom. The molecule has 0 bridgehead atoms. The smallest absolute Gasteiger partial charge is 0.161 e. The van der Waals surface area contributed by atoms with Crippen LogP contribution in [0.3, 0.4) is 0 Å². The first-order valence-corrected chi connectivity index (χ1v) is 5.73. The molecule has 2 aromatic rings. The van der Waals surface area contributed by atoms with E-state index in [-0.39, 0.29) is 0 Å². The van der Waals surface area contributed by atoms with Crippen molar-refractivity contribution in [3.8, 4) is 11.5 Å². The molecule has 2 aromatic carbocycles. The SMILES string of the molecule is COc1cc(N=[N+]=[N-])ccc1OCc1ccccc1. The zero-order chi connectivity index (χ0) is 13.5. The summed E-state index contributed by atoms with van der Waals surface area (Å²) in [5, 5.41) is 3.52. The van der Waals surface area contributed by atoms with Crippen molar-refractivity contribution < 1.29 is 9.47 Å². The van der Waals surface area contributed by atoms with Crippen LogP contribution < -0.4 is 9.47 Å². The number of azide groups is 1. The van der Waals surface area contributed by atoms with Crippen LogP contribution >= 0.6 is 0 Å². The monoisotopic (exact) mass is 255 g/mol. The quantitative estimate of drug-likeness (QED) is 0.456. The minimum atomic E-state index is 0.456. The van der Waals surface area contributed by atoms with Gasteiger partial charge in [0.15, 0.2) is 11.5 Å². The van der Waals surface area contributed by atoms with E-state index in [1.54, 1.807) is 25.3 Å². The summed E-state index contributed by atoms with van der Waals surface area (Å²) in [6, 6.07) is 14.9. The third kappa shape index (κ3) is 3.40. The molecular formula is C14H13N3O2. The van der Waals surface area contributed by atoms with Crippen molar-refractivity contribution in [3.63, 3.8) is 0 Å². The number of hydrogen-bond donors (Lipinski definition) is 0. The average molecular weight is 255 g/mol. The van der Waals surface area contributed by atoms with Crippen molar-refractivity contribution in [1.82, 2.24) is 0 Å². The van der Waals surface area contributed by atoms with Crippen molar-refractivity contribution in [3.05, 3.63) is 64.5 Å². The largest absolute Gasteiger partial charge is 0.493 e. The van der Waals surface area contributed by atoms with Crippen molar-refractivity contribution in [2.75, 3.05) is 7.11 Å². The van der Waals surface area contributed by atoms with Gasteiger partial charge in [0.25, 0.3) is 0 Å². The lowest BCUT2D eigenvalue weighted by molar-refractivity contribution is 0.284. The van der Waals surface area contributed by atoms with Gasteiger partial charge in [-0.15, -0.1) is 0 Å². The van der Waals surface area contributed by atoms with E-state index in [1.807, 2.05) is 30.3 Å². The first-order chi connectivity index (χ1) is 9.33. The summed E-state index contributed by atoms with van der Waals surface area (Å²) in [7, 11) is 1.55. The molecule has 5 heteroatoms. The van der Waals surface area contributed by atoms with Gasteiger partial charge in [-0.25, -0.2) is 0 Å². The standard InChI is InChI=1S/C14H13N3O2/c1-18-14-9-12(16-17-15)7-8-13(14)19-10-11-5-3-2-4-6-11/h2-9H,10H2,1H3. The van der Waals surface area contributed by atoms with E-state index in [1.165, 1.54) is 0 Å². The molecule has 0 N–H and O–H groups in total. The van der Waals surface area contributed by atoms with E-state index in [0.717, 1.165) is 5.56 Å². The van der Waals surface area contributed by atoms with E-state index < -0.39 is 0 Å². The Morgan fingerprint density at radius 1 is 1.11 bits per heavy atom. The van der Waals surface area contributed by atoms with Crippen LogP contribution in [0.25, 0.3) is 10.4 Å². The highest BCUT2D eigenvalue weighted by molar-refractivity contribution is 5.51. The van der Waals surface area contributed by atoms with E-state index in [9.17, 15) is 0 Å². The minimum absolute atomic E-state index is 0.456. The number of methoxy groups -OCH3 is 1. The summed E-state index contributed by atoms with van der Waals surface area (Å²) in [6.45, 7) is 0.456. The number of ether oxygens (including phenoxy) is 2. The fourth-order valence-electron chi connectivity index (χ4n) is 1.62. The van der Waals surface area contributed by atoms with Gasteiger partial charge >= 0.3 is 0 Å². The molecule has 0 aliphatic rings. The molecule has 0 unspecified atom stereocenters.